The molecule has 17 heavy (non-hydrogen) atoms. The van der Waals surface area contributed by atoms with Gasteiger partial charge in [-0.05, 0) is 18.4 Å². The zero-order valence-electron chi connectivity index (χ0n) is 9.53. The number of rotatable bonds is 5. The van der Waals surface area contributed by atoms with Gasteiger partial charge in [-0.25, -0.2) is 8.78 Å². The molecular weight excluding hydrogens is 226 g/mol. The predicted molar refractivity (Wildman–Crippen MR) is 60.6 cm³/mol. The molecule has 0 fully saturated rings. The van der Waals surface area contributed by atoms with E-state index in [-0.39, 0.29) is 12.8 Å². The van der Waals surface area contributed by atoms with Crippen molar-refractivity contribution in [1.29, 1.82) is 0 Å². The number of carbonyl (C=O) groups is 1. The maximum absolute atomic E-state index is 13.1. The van der Waals surface area contributed by atoms with E-state index in [9.17, 15) is 13.6 Å². The van der Waals surface area contributed by atoms with Gasteiger partial charge < -0.3 is 4.74 Å². The number of hydrogen-bond acceptors (Lipinski definition) is 2. The van der Waals surface area contributed by atoms with Gasteiger partial charge in [-0.15, -0.1) is 0 Å². The maximum atomic E-state index is 13.1. The molecule has 0 radical (unpaired) electrons. The molecule has 1 atom stereocenters. The van der Waals surface area contributed by atoms with E-state index < -0.39 is 17.9 Å². The second-order valence-electron chi connectivity index (χ2n) is 3.62. The lowest BCUT2D eigenvalue weighted by atomic mass is 10.1. The summed E-state index contributed by atoms with van der Waals surface area (Å²) in [6.07, 6.45) is -0.577. The van der Waals surface area contributed by atoms with Crippen molar-refractivity contribution in [1.82, 2.24) is 0 Å². The first-order valence-corrected chi connectivity index (χ1v) is 5.30. The lowest BCUT2D eigenvalue weighted by Gasteiger charge is -2.14. The van der Waals surface area contributed by atoms with Gasteiger partial charge in [0.2, 0.25) is 0 Å². The van der Waals surface area contributed by atoms with E-state index in [1.54, 1.807) is 0 Å². The number of ether oxygens (including phenoxy) is 1. The van der Waals surface area contributed by atoms with Crippen molar-refractivity contribution in [2.24, 2.45) is 0 Å². The largest absolute Gasteiger partial charge is 0.455 e. The SMILES string of the molecule is CC(=O)O[C@@H](CCc1ccccc1)/C(F)=C/F. The quantitative estimate of drug-likeness (QED) is 0.738. The Morgan fingerprint density at radius 2 is 2.06 bits per heavy atom. The second-order valence-corrected chi connectivity index (χ2v) is 3.62. The Hall–Kier alpha value is -1.71. The van der Waals surface area contributed by atoms with Gasteiger partial charge in [-0.3, -0.25) is 4.79 Å². The van der Waals surface area contributed by atoms with Crippen LogP contribution in [-0.4, -0.2) is 12.1 Å². The van der Waals surface area contributed by atoms with Crippen LogP contribution in [0.5, 0.6) is 0 Å². The van der Waals surface area contributed by atoms with Crippen molar-refractivity contribution in [3.05, 3.63) is 48.1 Å². The summed E-state index contributed by atoms with van der Waals surface area (Å²) < 4.78 is 29.9. The van der Waals surface area contributed by atoms with Crippen LogP contribution in [0.25, 0.3) is 0 Å². The number of esters is 1. The fraction of sp³-hybridized carbons (Fsp3) is 0.308. The summed E-state index contributed by atoms with van der Waals surface area (Å²) in [7, 11) is 0. The summed E-state index contributed by atoms with van der Waals surface area (Å²) in [5.41, 5.74) is 0.983. The van der Waals surface area contributed by atoms with Crippen LogP contribution in [0, 0.1) is 0 Å². The van der Waals surface area contributed by atoms with Crippen molar-refractivity contribution in [2.45, 2.75) is 25.9 Å². The van der Waals surface area contributed by atoms with E-state index in [1.807, 2.05) is 30.3 Å². The van der Waals surface area contributed by atoms with Gasteiger partial charge in [0, 0.05) is 6.92 Å². The molecule has 1 aromatic carbocycles. The fourth-order valence-corrected chi connectivity index (χ4v) is 1.47. The van der Waals surface area contributed by atoms with Gasteiger partial charge >= 0.3 is 5.97 Å². The standard InChI is InChI=1S/C13H14F2O2/c1-10(16)17-13(12(15)9-14)8-7-11-5-3-2-4-6-11/h2-6,9,13H,7-8H2,1H3/b12-9-/t13-/m0/s1. The minimum Gasteiger partial charge on any atom is -0.455 e. The van der Waals surface area contributed by atoms with Crippen LogP contribution in [0.4, 0.5) is 8.78 Å². The van der Waals surface area contributed by atoms with E-state index in [4.69, 9.17) is 4.74 Å². The highest BCUT2D eigenvalue weighted by atomic mass is 19.2. The Bertz CT molecular complexity index is 388. The minimum atomic E-state index is -1.14. The lowest BCUT2D eigenvalue weighted by molar-refractivity contribution is -0.145. The third kappa shape index (κ3) is 4.76. The molecule has 0 unspecified atom stereocenters. The van der Waals surface area contributed by atoms with Gasteiger partial charge in [0.25, 0.3) is 0 Å². The molecule has 0 aromatic heterocycles. The molecule has 0 saturated carbocycles. The van der Waals surface area contributed by atoms with Crippen molar-refractivity contribution >= 4 is 5.97 Å². The van der Waals surface area contributed by atoms with E-state index in [1.165, 1.54) is 6.92 Å². The van der Waals surface area contributed by atoms with Gasteiger partial charge in [-0.2, -0.15) is 0 Å². The molecule has 0 amide bonds. The predicted octanol–water partition coefficient (Wildman–Crippen LogP) is 3.33. The highest BCUT2D eigenvalue weighted by Crippen LogP contribution is 2.16. The molecule has 0 aliphatic rings. The van der Waals surface area contributed by atoms with Gasteiger partial charge in [0.05, 0.1) is 0 Å². The summed E-state index contributed by atoms with van der Waals surface area (Å²) in [6, 6.07) is 9.34. The molecule has 2 nitrogen and oxygen atoms in total. The fourth-order valence-electron chi connectivity index (χ4n) is 1.47. The summed E-state index contributed by atoms with van der Waals surface area (Å²) >= 11 is 0. The van der Waals surface area contributed by atoms with Crippen LogP contribution in [-0.2, 0) is 16.0 Å². The summed E-state index contributed by atoms with van der Waals surface area (Å²) in [5.74, 6) is -1.68. The Balaban J connectivity index is 2.58. The van der Waals surface area contributed by atoms with E-state index in [0.717, 1.165) is 5.56 Å². The topological polar surface area (TPSA) is 26.3 Å². The number of halogens is 2. The molecule has 0 N–H and O–H groups in total. The maximum Gasteiger partial charge on any atom is 0.303 e. The number of hydrogen-bond donors (Lipinski definition) is 0. The third-order valence-corrected chi connectivity index (χ3v) is 2.26. The van der Waals surface area contributed by atoms with Gasteiger partial charge in [-0.1, -0.05) is 30.3 Å². The lowest BCUT2D eigenvalue weighted by Crippen LogP contribution is -2.18. The monoisotopic (exact) mass is 240 g/mol. The van der Waals surface area contributed by atoms with E-state index >= 15 is 0 Å². The number of aryl methyl sites for hydroxylation is 1. The highest BCUT2D eigenvalue weighted by Gasteiger charge is 2.17. The van der Waals surface area contributed by atoms with Crippen molar-refractivity contribution in [3.8, 4) is 0 Å². The Morgan fingerprint density at radius 1 is 1.41 bits per heavy atom. The van der Waals surface area contributed by atoms with E-state index in [0.29, 0.717) is 6.42 Å². The molecule has 0 aliphatic heterocycles. The highest BCUT2D eigenvalue weighted by molar-refractivity contribution is 5.66. The van der Waals surface area contributed by atoms with Crippen LogP contribution in [0.3, 0.4) is 0 Å². The minimum absolute atomic E-state index is 0.168. The molecule has 4 heteroatoms. The summed E-state index contributed by atoms with van der Waals surface area (Å²) in [5, 5.41) is 0. The van der Waals surface area contributed by atoms with E-state index in [2.05, 4.69) is 0 Å². The van der Waals surface area contributed by atoms with Crippen LogP contribution in [0.2, 0.25) is 0 Å². The van der Waals surface area contributed by atoms with Gasteiger partial charge in [0.1, 0.15) is 6.33 Å². The van der Waals surface area contributed by atoms with Gasteiger partial charge in [0.15, 0.2) is 11.9 Å². The molecule has 1 rings (SSSR count). The third-order valence-electron chi connectivity index (χ3n) is 2.26. The molecule has 0 bridgehead atoms. The zero-order chi connectivity index (χ0) is 12.7. The molecule has 0 saturated heterocycles. The smallest absolute Gasteiger partial charge is 0.303 e. The Kier molecular flexibility index (Phi) is 5.33. The van der Waals surface area contributed by atoms with Crippen molar-refractivity contribution in [3.63, 3.8) is 0 Å². The molecule has 92 valence electrons. The Morgan fingerprint density at radius 3 is 2.59 bits per heavy atom. The van der Waals surface area contributed by atoms with Crippen LogP contribution in [0.1, 0.15) is 18.9 Å². The van der Waals surface area contributed by atoms with Crippen molar-refractivity contribution in [2.75, 3.05) is 0 Å². The molecule has 0 spiro atoms. The molecule has 0 aliphatic carbocycles. The molecule has 0 heterocycles. The first kappa shape index (κ1) is 13.4. The average molecular weight is 240 g/mol. The number of carbonyl (C=O) groups excluding carboxylic acids is 1. The summed E-state index contributed by atoms with van der Waals surface area (Å²) in [6.45, 7) is 1.17. The zero-order valence-corrected chi connectivity index (χ0v) is 9.53. The first-order valence-electron chi connectivity index (χ1n) is 5.30. The Labute approximate surface area is 98.9 Å². The first-order chi connectivity index (χ1) is 8.13. The van der Waals surface area contributed by atoms with Crippen LogP contribution < -0.4 is 0 Å². The average Bonchev–Trinajstić information content (AvgIpc) is 2.34. The van der Waals surface area contributed by atoms with Crippen LogP contribution >= 0.6 is 0 Å². The van der Waals surface area contributed by atoms with Crippen molar-refractivity contribution < 1.29 is 18.3 Å². The second kappa shape index (κ2) is 6.78. The number of benzene rings is 1. The normalized spacial score (nSPS) is 13.2. The molecule has 1 aromatic rings. The molecular formula is C13H14F2O2. The summed E-state index contributed by atoms with van der Waals surface area (Å²) in [4.78, 5) is 10.7. The van der Waals surface area contributed by atoms with Crippen LogP contribution in [0.15, 0.2) is 42.5 Å².